The molecule has 1 heterocycles. The third-order valence-electron chi connectivity index (χ3n) is 5.52. The van der Waals surface area contributed by atoms with E-state index in [9.17, 15) is 9.59 Å². The Morgan fingerprint density at radius 1 is 0.912 bits per heavy atom. The first-order chi connectivity index (χ1) is 16.3. The molecule has 174 valence electrons. The fourth-order valence-corrected chi connectivity index (χ4v) is 4.51. The predicted octanol–water partition coefficient (Wildman–Crippen LogP) is 5.98. The molecule has 1 aromatic heterocycles. The Labute approximate surface area is 207 Å². The van der Waals surface area contributed by atoms with Crippen LogP contribution < -0.4 is 10.6 Å². The van der Waals surface area contributed by atoms with Crippen molar-refractivity contribution in [3.05, 3.63) is 82.4 Å². The molecule has 0 atom stereocenters. The molecule has 0 aliphatic heterocycles. The average Bonchev–Trinajstić information content (AvgIpc) is 3.14. The average molecular weight is 493 g/mol. The lowest BCUT2D eigenvalue weighted by atomic mass is 10.1. The maximum absolute atomic E-state index is 12.9. The zero-order valence-corrected chi connectivity index (χ0v) is 20.8. The van der Waals surface area contributed by atoms with Crippen LogP contribution in [0, 0.1) is 20.8 Å². The Morgan fingerprint density at radius 3 is 2.47 bits per heavy atom. The molecule has 0 saturated heterocycles. The number of nitrogens with one attached hydrogen (secondary N) is 2. The number of hydrogen-bond acceptors (Lipinski definition) is 4. The van der Waals surface area contributed by atoms with Gasteiger partial charge in [-0.25, -0.2) is 4.98 Å². The Morgan fingerprint density at radius 2 is 1.68 bits per heavy atom. The lowest BCUT2D eigenvalue weighted by molar-refractivity contribution is -0.117. The monoisotopic (exact) mass is 492 g/mol. The van der Waals surface area contributed by atoms with E-state index in [1.807, 2.05) is 73.9 Å². The first-order valence-electron chi connectivity index (χ1n) is 10.8. The second-order valence-corrected chi connectivity index (χ2v) is 9.49. The third kappa shape index (κ3) is 5.61. The summed E-state index contributed by atoms with van der Waals surface area (Å²) in [4.78, 5) is 30.1. The van der Waals surface area contributed by atoms with E-state index in [-0.39, 0.29) is 24.1 Å². The fourth-order valence-electron chi connectivity index (χ4n) is 3.52. The molecule has 34 heavy (non-hydrogen) atoms. The number of nitrogens with zero attached hydrogens (tertiary/aromatic N) is 2. The number of aryl methyl sites for hydroxylation is 3. The molecule has 6 nitrogen and oxygen atoms in total. The maximum atomic E-state index is 12.9. The molecule has 0 radical (unpaired) electrons. The van der Waals surface area contributed by atoms with E-state index in [1.165, 1.54) is 17.3 Å². The normalized spacial score (nSPS) is 10.9. The molecular weight excluding hydrogens is 468 g/mol. The van der Waals surface area contributed by atoms with Crippen LogP contribution in [0.25, 0.3) is 11.0 Å². The number of benzene rings is 3. The van der Waals surface area contributed by atoms with E-state index < -0.39 is 0 Å². The number of carbonyl (C=O) groups is 2. The van der Waals surface area contributed by atoms with Crippen molar-refractivity contribution in [2.75, 3.05) is 16.4 Å². The number of amides is 2. The summed E-state index contributed by atoms with van der Waals surface area (Å²) in [5.74, 6) is -0.161. The number of fused-ring (bicyclic) bond motifs is 1. The van der Waals surface area contributed by atoms with Gasteiger partial charge in [0.2, 0.25) is 11.8 Å². The smallest absolute Gasteiger partial charge is 0.244 e. The van der Waals surface area contributed by atoms with Crippen LogP contribution in [0.3, 0.4) is 0 Å². The van der Waals surface area contributed by atoms with Crippen molar-refractivity contribution in [2.45, 2.75) is 32.5 Å². The van der Waals surface area contributed by atoms with Crippen molar-refractivity contribution in [1.82, 2.24) is 9.55 Å². The van der Waals surface area contributed by atoms with E-state index in [1.54, 1.807) is 12.1 Å². The molecule has 2 N–H and O–H groups in total. The molecule has 0 unspecified atom stereocenters. The van der Waals surface area contributed by atoms with E-state index in [0.717, 1.165) is 27.8 Å². The predicted molar refractivity (Wildman–Crippen MR) is 140 cm³/mol. The number of imidazole rings is 1. The van der Waals surface area contributed by atoms with Gasteiger partial charge in [-0.3, -0.25) is 9.59 Å². The highest BCUT2D eigenvalue weighted by Gasteiger charge is 2.16. The van der Waals surface area contributed by atoms with Crippen LogP contribution in [0.2, 0.25) is 5.02 Å². The number of anilines is 2. The lowest BCUT2D eigenvalue weighted by Gasteiger charge is -2.12. The molecule has 0 bridgehead atoms. The van der Waals surface area contributed by atoms with Crippen LogP contribution in [-0.4, -0.2) is 27.1 Å². The zero-order chi connectivity index (χ0) is 24.2. The van der Waals surface area contributed by atoms with Crippen LogP contribution in [0.4, 0.5) is 11.4 Å². The summed E-state index contributed by atoms with van der Waals surface area (Å²) in [6.45, 7) is 6.02. The topological polar surface area (TPSA) is 76.0 Å². The summed E-state index contributed by atoms with van der Waals surface area (Å²) >= 11 is 7.38. The van der Waals surface area contributed by atoms with Gasteiger partial charge in [0.15, 0.2) is 5.16 Å². The van der Waals surface area contributed by atoms with E-state index in [2.05, 4.69) is 15.6 Å². The van der Waals surface area contributed by atoms with Gasteiger partial charge >= 0.3 is 0 Å². The molecular formula is C26H25ClN4O2S. The van der Waals surface area contributed by atoms with Crippen LogP contribution in [-0.2, 0) is 16.1 Å². The maximum Gasteiger partial charge on any atom is 0.244 e. The van der Waals surface area contributed by atoms with Gasteiger partial charge in [-0.05, 0) is 73.9 Å². The highest BCUT2D eigenvalue weighted by molar-refractivity contribution is 7.99. The first-order valence-corrected chi connectivity index (χ1v) is 12.2. The van der Waals surface area contributed by atoms with Gasteiger partial charge in [0.1, 0.15) is 6.54 Å². The van der Waals surface area contributed by atoms with Gasteiger partial charge in [0.05, 0.1) is 16.8 Å². The minimum Gasteiger partial charge on any atom is -0.325 e. The molecule has 4 rings (SSSR count). The zero-order valence-electron chi connectivity index (χ0n) is 19.2. The minimum atomic E-state index is -0.199. The van der Waals surface area contributed by atoms with Crippen molar-refractivity contribution in [3.8, 4) is 0 Å². The minimum absolute atomic E-state index is 0.0631. The van der Waals surface area contributed by atoms with E-state index in [4.69, 9.17) is 11.6 Å². The van der Waals surface area contributed by atoms with Gasteiger partial charge in [-0.2, -0.15) is 0 Å². The number of carbonyl (C=O) groups excluding carboxylic acids is 2. The van der Waals surface area contributed by atoms with E-state index in [0.29, 0.717) is 15.9 Å². The van der Waals surface area contributed by atoms with Crippen LogP contribution in [0.5, 0.6) is 0 Å². The molecule has 2 amide bonds. The van der Waals surface area contributed by atoms with Crippen molar-refractivity contribution < 1.29 is 9.59 Å². The summed E-state index contributed by atoms with van der Waals surface area (Å²) in [5.41, 5.74) is 6.25. The summed E-state index contributed by atoms with van der Waals surface area (Å²) < 4.78 is 1.83. The van der Waals surface area contributed by atoms with Gasteiger partial charge in [-0.1, -0.05) is 47.6 Å². The standard InChI is InChI=1S/C26H25ClN4O2S/c1-16-9-11-20(12-18(16)3)28-25(33)15-34-26-30-21-6-4-5-7-23(21)31(26)14-24(32)29-22-13-19(27)10-8-17(22)2/h4-13H,14-15H2,1-3H3,(H,28,33)(H,29,32). The summed E-state index contributed by atoms with van der Waals surface area (Å²) in [5, 5.41) is 7.02. The Balaban J connectivity index is 1.49. The highest BCUT2D eigenvalue weighted by atomic mass is 35.5. The Hall–Kier alpha value is -3.29. The quantitative estimate of drug-likeness (QED) is 0.311. The van der Waals surface area contributed by atoms with Gasteiger partial charge in [0, 0.05) is 16.4 Å². The molecule has 4 aromatic rings. The largest absolute Gasteiger partial charge is 0.325 e. The molecule has 0 fully saturated rings. The summed E-state index contributed by atoms with van der Waals surface area (Å²) in [6, 6.07) is 18.8. The third-order valence-corrected chi connectivity index (χ3v) is 6.73. The van der Waals surface area contributed by atoms with Crippen LogP contribution in [0.15, 0.2) is 65.8 Å². The number of hydrogen-bond donors (Lipinski definition) is 2. The van der Waals surface area contributed by atoms with Crippen LogP contribution in [0.1, 0.15) is 16.7 Å². The first kappa shape index (κ1) is 23.9. The molecule has 8 heteroatoms. The van der Waals surface area contributed by atoms with Crippen molar-refractivity contribution >= 4 is 57.6 Å². The number of aromatic nitrogens is 2. The Kier molecular flexibility index (Phi) is 7.24. The Bertz CT molecular complexity index is 1380. The number of rotatable bonds is 7. The number of thioether (sulfide) groups is 1. The summed E-state index contributed by atoms with van der Waals surface area (Å²) in [7, 11) is 0. The fraction of sp³-hybridized carbons (Fsp3) is 0.192. The van der Waals surface area contributed by atoms with Gasteiger partial charge in [0.25, 0.3) is 0 Å². The molecule has 0 aliphatic carbocycles. The van der Waals surface area contributed by atoms with Crippen LogP contribution >= 0.6 is 23.4 Å². The van der Waals surface area contributed by atoms with Crippen molar-refractivity contribution in [3.63, 3.8) is 0 Å². The lowest BCUT2D eigenvalue weighted by Crippen LogP contribution is -2.20. The molecule has 0 saturated carbocycles. The second-order valence-electron chi connectivity index (χ2n) is 8.11. The molecule has 3 aromatic carbocycles. The molecule has 0 aliphatic rings. The molecule has 0 spiro atoms. The second kappa shape index (κ2) is 10.3. The number of halogens is 1. The summed E-state index contributed by atoms with van der Waals surface area (Å²) in [6.07, 6.45) is 0. The van der Waals surface area contributed by atoms with E-state index >= 15 is 0 Å². The van der Waals surface area contributed by atoms with Gasteiger partial charge < -0.3 is 15.2 Å². The number of para-hydroxylation sites is 2. The van der Waals surface area contributed by atoms with Crippen molar-refractivity contribution in [2.24, 2.45) is 0 Å². The highest BCUT2D eigenvalue weighted by Crippen LogP contribution is 2.25. The van der Waals surface area contributed by atoms with Crippen molar-refractivity contribution in [1.29, 1.82) is 0 Å². The SMILES string of the molecule is Cc1ccc(NC(=O)CSc2nc3ccccc3n2CC(=O)Nc2cc(Cl)ccc2C)cc1C. The van der Waals surface area contributed by atoms with Gasteiger partial charge in [-0.15, -0.1) is 0 Å².